The zero-order chi connectivity index (χ0) is 16.9. The van der Waals surface area contributed by atoms with E-state index in [2.05, 4.69) is 37.1 Å². The van der Waals surface area contributed by atoms with Crippen LogP contribution in [0.3, 0.4) is 0 Å². The van der Waals surface area contributed by atoms with Gasteiger partial charge in [0.15, 0.2) is 11.6 Å². The average Bonchev–Trinajstić information content (AvgIpc) is 2.62. The molecule has 1 saturated heterocycles. The molecule has 7 heteroatoms. The lowest BCUT2D eigenvalue weighted by molar-refractivity contribution is 0.312. The predicted octanol–water partition coefficient (Wildman–Crippen LogP) is 1.94. The smallest absolute Gasteiger partial charge is 0.186 e. The number of piperazine rings is 1. The Bertz CT molecular complexity index is 667. The van der Waals surface area contributed by atoms with Crippen LogP contribution >= 0.6 is 0 Å². The molecule has 0 amide bonds. The SMILES string of the molecule is CCc1ncnc(NCc2ccc(N3CCN(C)CC3)nc2)c1F. The van der Waals surface area contributed by atoms with Crippen molar-refractivity contribution in [3.05, 3.63) is 41.7 Å². The first-order valence-corrected chi connectivity index (χ1v) is 8.29. The molecule has 0 bridgehead atoms. The molecular formula is C17H23FN6. The van der Waals surface area contributed by atoms with Gasteiger partial charge in [-0.25, -0.2) is 19.3 Å². The molecule has 0 atom stereocenters. The van der Waals surface area contributed by atoms with Gasteiger partial charge < -0.3 is 15.1 Å². The predicted molar refractivity (Wildman–Crippen MR) is 92.6 cm³/mol. The molecule has 3 rings (SSSR count). The van der Waals surface area contributed by atoms with Gasteiger partial charge in [-0.05, 0) is 25.1 Å². The highest BCUT2D eigenvalue weighted by atomic mass is 19.1. The zero-order valence-corrected chi connectivity index (χ0v) is 14.2. The first kappa shape index (κ1) is 16.6. The fourth-order valence-corrected chi connectivity index (χ4v) is 2.71. The van der Waals surface area contributed by atoms with Crippen molar-refractivity contribution >= 4 is 11.6 Å². The summed E-state index contributed by atoms with van der Waals surface area (Å²) in [6.45, 7) is 6.44. The lowest BCUT2D eigenvalue weighted by Gasteiger charge is -2.33. The van der Waals surface area contributed by atoms with Crippen molar-refractivity contribution in [1.29, 1.82) is 0 Å². The Morgan fingerprint density at radius 2 is 1.92 bits per heavy atom. The van der Waals surface area contributed by atoms with E-state index in [1.54, 1.807) is 0 Å². The Kier molecular flexibility index (Phi) is 5.20. The summed E-state index contributed by atoms with van der Waals surface area (Å²) >= 11 is 0. The van der Waals surface area contributed by atoms with Gasteiger partial charge in [-0.3, -0.25) is 0 Å². The van der Waals surface area contributed by atoms with Gasteiger partial charge in [-0.2, -0.15) is 0 Å². The number of pyridine rings is 1. The topological polar surface area (TPSA) is 57.2 Å². The van der Waals surface area contributed by atoms with Crippen LogP contribution in [0.5, 0.6) is 0 Å². The summed E-state index contributed by atoms with van der Waals surface area (Å²) in [4.78, 5) is 17.0. The number of anilines is 2. The van der Waals surface area contributed by atoms with Gasteiger partial charge >= 0.3 is 0 Å². The van der Waals surface area contributed by atoms with E-state index in [-0.39, 0.29) is 11.6 Å². The van der Waals surface area contributed by atoms with Crippen LogP contribution in [-0.2, 0) is 13.0 Å². The van der Waals surface area contributed by atoms with Crippen LogP contribution in [0, 0.1) is 5.82 Å². The minimum atomic E-state index is -0.373. The number of likely N-dealkylation sites (N-methyl/N-ethyl adjacent to an activating group) is 1. The summed E-state index contributed by atoms with van der Waals surface area (Å²) in [6.07, 6.45) is 3.77. The molecule has 128 valence electrons. The van der Waals surface area contributed by atoms with Crippen LogP contribution in [0.1, 0.15) is 18.2 Å². The lowest BCUT2D eigenvalue weighted by atomic mass is 10.2. The van der Waals surface area contributed by atoms with Gasteiger partial charge in [-0.15, -0.1) is 0 Å². The summed E-state index contributed by atoms with van der Waals surface area (Å²) in [7, 11) is 2.13. The molecular weight excluding hydrogens is 307 g/mol. The van der Waals surface area contributed by atoms with Crippen LogP contribution in [-0.4, -0.2) is 53.1 Å². The highest BCUT2D eigenvalue weighted by Gasteiger charge is 2.15. The quantitative estimate of drug-likeness (QED) is 0.904. The van der Waals surface area contributed by atoms with Crippen molar-refractivity contribution < 1.29 is 4.39 Å². The van der Waals surface area contributed by atoms with Crippen LogP contribution < -0.4 is 10.2 Å². The van der Waals surface area contributed by atoms with E-state index < -0.39 is 0 Å². The van der Waals surface area contributed by atoms with Crippen molar-refractivity contribution in [3.63, 3.8) is 0 Å². The third-order valence-corrected chi connectivity index (χ3v) is 4.29. The molecule has 0 aromatic carbocycles. The fraction of sp³-hybridized carbons (Fsp3) is 0.471. The molecule has 0 aliphatic carbocycles. The normalized spacial score (nSPS) is 15.5. The Labute approximate surface area is 141 Å². The van der Waals surface area contributed by atoms with Crippen molar-refractivity contribution in [1.82, 2.24) is 19.9 Å². The molecule has 24 heavy (non-hydrogen) atoms. The van der Waals surface area contributed by atoms with Crippen LogP contribution in [0.15, 0.2) is 24.7 Å². The largest absolute Gasteiger partial charge is 0.363 e. The zero-order valence-electron chi connectivity index (χ0n) is 14.2. The minimum Gasteiger partial charge on any atom is -0.363 e. The van der Waals surface area contributed by atoms with E-state index >= 15 is 0 Å². The van der Waals surface area contributed by atoms with Gasteiger partial charge in [0.05, 0.1) is 5.69 Å². The molecule has 1 aliphatic heterocycles. The number of halogens is 1. The van der Waals surface area contributed by atoms with Gasteiger partial charge in [0, 0.05) is 38.9 Å². The molecule has 0 saturated carbocycles. The van der Waals surface area contributed by atoms with Crippen molar-refractivity contribution in [2.24, 2.45) is 0 Å². The number of aryl methyl sites for hydroxylation is 1. The van der Waals surface area contributed by atoms with Gasteiger partial charge in [-0.1, -0.05) is 13.0 Å². The molecule has 1 aliphatic rings. The van der Waals surface area contributed by atoms with E-state index in [9.17, 15) is 4.39 Å². The second-order valence-electron chi connectivity index (χ2n) is 6.01. The van der Waals surface area contributed by atoms with E-state index in [1.807, 2.05) is 25.3 Å². The number of nitrogens with zero attached hydrogens (tertiary/aromatic N) is 5. The highest BCUT2D eigenvalue weighted by Crippen LogP contribution is 2.16. The summed E-state index contributed by atoms with van der Waals surface area (Å²) in [5, 5.41) is 3.02. The van der Waals surface area contributed by atoms with Crippen molar-refractivity contribution in [2.75, 3.05) is 43.4 Å². The van der Waals surface area contributed by atoms with E-state index in [4.69, 9.17) is 0 Å². The Morgan fingerprint density at radius 3 is 2.58 bits per heavy atom. The first-order chi connectivity index (χ1) is 11.7. The lowest BCUT2D eigenvalue weighted by Crippen LogP contribution is -2.44. The number of nitrogens with one attached hydrogen (secondary N) is 1. The van der Waals surface area contributed by atoms with E-state index in [0.29, 0.717) is 18.7 Å². The first-order valence-electron chi connectivity index (χ1n) is 8.29. The number of hydrogen-bond acceptors (Lipinski definition) is 6. The Balaban J connectivity index is 1.60. The number of rotatable bonds is 5. The molecule has 1 N–H and O–H groups in total. The molecule has 3 heterocycles. The Morgan fingerprint density at radius 1 is 1.12 bits per heavy atom. The van der Waals surface area contributed by atoms with Crippen molar-refractivity contribution in [3.8, 4) is 0 Å². The van der Waals surface area contributed by atoms with Gasteiger partial charge in [0.1, 0.15) is 12.1 Å². The highest BCUT2D eigenvalue weighted by molar-refractivity contribution is 5.42. The standard InChI is InChI=1S/C17H23FN6/c1-3-14-16(18)17(22-12-21-14)20-11-13-4-5-15(19-10-13)24-8-6-23(2)7-9-24/h4-5,10,12H,3,6-9,11H2,1-2H3,(H,20,21,22). The van der Waals surface area contributed by atoms with Crippen LogP contribution in [0.4, 0.5) is 16.0 Å². The average molecular weight is 330 g/mol. The van der Waals surface area contributed by atoms with E-state index in [0.717, 1.165) is 37.6 Å². The third-order valence-electron chi connectivity index (χ3n) is 4.29. The maximum atomic E-state index is 14.1. The maximum absolute atomic E-state index is 14.1. The van der Waals surface area contributed by atoms with Crippen LogP contribution in [0.2, 0.25) is 0 Å². The summed E-state index contributed by atoms with van der Waals surface area (Å²) < 4.78 is 14.1. The van der Waals surface area contributed by atoms with Crippen molar-refractivity contribution in [2.45, 2.75) is 19.9 Å². The molecule has 0 spiro atoms. The number of aromatic nitrogens is 3. The monoisotopic (exact) mass is 330 g/mol. The van der Waals surface area contributed by atoms with Gasteiger partial charge in [0.25, 0.3) is 0 Å². The molecule has 6 nitrogen and oxygen atoms in total. The summed E-state index contributed by atoms with van der Waals surface area (Å²) in [6, 6.07) is 4.05. The maximum Gasteiger partial charge on any atom is 0.186 e. The third kappa shape index (κ3) is 3.79. The number of hydrogen-bond donors (Lipinski definition) is 1. The molecule has 0 unspecified atom stereocenters. The second-order valence-corrected chi connectivity index (χ2v) is 6.01. The molecule has 0 radical (unpaired) electrons. The summed E-state index contributed by atoms with van der Waals surface area (Å²) in [5.41, 5.74) is 1.42. The molecule has 2 aromatic heterocycles. The Hall–Kier alpha value is -2.28. The van der Waals surface area contributed by atoms with E-state index in [1.165, 1.54) is 6.33 Å². The molecule has 2 aromatic rings. The summed E-state index contributed by atoms with van der Waals surface area (Å²) in [5.74, 6) is 0.861. The van der Waals surface area contributed by atoms with Gasteiger partial charge in [0.2, 0.25) is 0 Å². The fourth-order valence-electron chi connectivity index (χ4n) is 2.71. The minimum absolute atomic E-state index is 0.241. The second kappa shape index (κ2) is 7.53. The molecule has 1 fully saturated rings. The van der Waals surface area contributed by atoms with Crippen LogP contribution in [0.25, 0.3) is 0 Å².